The second-order valence-electron chi connectivity index (χ2n) is 5.78. The Morgan fingerprint density at radius 3 is 2.83 bits per heavy atom. The number of furan rings is 1. The Labute approximate surface area is 140 Å². The van der Waals surface area contributed by atoms with Gasteiger partial charge in [-0.3, -0.25) is 9.59 Å². The molecule has 0 bridgehead atoms. The van der Waals surface area contributed by atoms with Gasteiger partial charge >= 0.3 is 0 Å². The zero-order valence-corrected chi connectivity index (χ0v) is 13.6. The summed E-state index contributed by atoms with van der Waals surface area (Å²) in [6.07, 6.45) is 6.96. The van der Waals surface area contributed by atoms with Crippen LogP contribution in [0.15, 0.2) is 35.2 Å². The molecule has 3 rings (SSSR count). The molecule has 1 aliphatic rings. The van der Waals surface area contributed by atoms with Gasteiger partial charge in [-0.1, -0.05) is 6.92 Å². The molecular weight excluding hydrogens is 308 g/mol. The van der Waals surface area contributed by atoms with Crippen LogP contribution in [-0.4, -0.2) is 45.8 Å². The van der Waals surface area contributed by atoms with Crippen molar-refractivity contribution >= 4 is 11.8 Å². The Kier molecular flexibility index (Phi) is 4.88. The number of aromatic nitrogens is 2. The summed E-state index contributed by atoms with van der Waals surface area (Å²) in [5, 5.41) is 2.96. The number of carbonyl (C=O) groups is 2. The summed E-state index contributed by atoms with van der Waals surface area (Å²) in [4.78, 5) is 34.6. The van der Waals surface area contributed by atoms with E-state index in [0.29, 0.717) is 30.2 Å². The fourth-order valence-electron chi connectivity index (χ4n) is 2.76. The largest absolute Gasteiger partial charge is 0.459 e. The van der Waals surface area contributed by atoms with Crippen LogP contribution in [0.25, 0.3) is 0 Å². The summed E-state index contributed by atoms with van der Waals surface area (Å²) in [5.41, 5.74) is 0.432. The molecule has 0 aliphatic carbocycles. The number of piperidine rings is 1. The molecule has 1 fully saturated rings. The predicted molar refractivity (Wildman–Crippen MR) is 86.5 cm³/mol. The minimum Gasteiger partial charge on any atom is -0.459 e. The van der Waals surface area contributed by atoms with Crippen molar-refractivity contribution in [1.82, 2.24) is 20.2 Å². The molecule has 1 saturated heterocycles. The van der Waals surface area contributed by atoms with Crippen LogP contribution in [0.4, 0.5) is 0 Å². The van der Waals surface area contributed by atoms with E-state index < -0.39 is 0 Å². The standard InChI is InChI=1S/C17H20N4O3/c1-2-15-18-9-12(10-19-15)16(22)20-13-5-3-7-21(11-13)17(23)14-6-4-8-24-14/h4,6,8-10,13H,2-3,5,7,11H2,1H3,(H,20,22). The molecule has 0 saturated carbocycles. The highest BCUT2D eigenvalue weighted by atomic mass is 16.3. The van der Waals surface area contributed by atoms with Gasteiger partial charge in [-0.2, -0.15) is 0 Å². The van der Waals surface area contributed by atoms with Crippen molar-refractivity contribution in [3.05, 3.63) is 47.9 Å². The summed E-state index contributed by atoms with van der Waals surface area (Å²) in [5.74, 6) is 0.675. The number of nitrogens with one attached hydrogen (secondary N) is 1. The Morgan fingerprint density at radius 2 is 2.17 bits per heavy atom. The van der Waals surface area contributed by atoms with Gasteiger partial charge in [0.2, 0.25) is 0 Å². The Hall–Kier alpha value is -2.70. The Balaban J connectivity index is 1.60. The minimum absolute atomic E-state index is 0.0870. The van der Waals surface area contributed by atoms with Gasteiger partial charge in [0.15, 0.2) is 5.76 Å². The lowest BCUT2D eigenvalue weighted by molar-refractivity contribution is 0.0647. The van der Waals surface area contributed by atoms with E-state index in [9.17, 15) is 9.59 Å². The van der Waals surface area contributed by atoms with Gasteiger partial charge in [0.05, 0.1) is 11.8 Å². The van der Waals surface area contributed by atoms with Crippen LogP contribution < -0.4 is 5.32 Å². The number of rotatable bonds is 4. The molecule has 2 amide bonds. The topological polar surface area (TPSA) is 88.3 Å². The predicted octanol–water partition coefficient (Wildman–Crippen LogP) is 1.67. The summed E-state index contributed by atoms with van der Waals surface area (Å²) in [7, 11) is 0. The number of hydrogen-bond donors (Lipinski definition) is 1. The lowest BCUT2D eigenvalue weighted by Gasteiger charge is -2.32. The lowest BCUT2D eigenvalue weighted by Crippen LogP contribution is -2.49. The third-order valence-corrected chi connectivity index (χ3v) is 4.06. The summed E-state index contributed by atoms with van der Waals surface area (Å²) in [6, 6.07) is 3.25. The first-order chi connectivity index (χ1) is 11.7. The van der Waals surface area contributed by atoms with E-state index >= 15 is 0 Å². The van der Waals surface area contributed by atoms with E-state index in [2.05, 4.69) is 15.3 Å². The smallest absolute Gasteiger partial charge is 0.289 e. The van der Waals surface area contributed by atoms with Crippen LogP contribution in [0.1, 0.15) is 46.5 Å². The number of hydrogen-bond acceptors (Lipinski definition) is 5. The van der Waals surface area contributed by atoms with Crippen LogP contribution in [0, 0.1) is 0 Å². The van der Waals surface area contributed by atoms with Crippen LogP contribution in [0.3, 0.4) is 0 Å². The molecule has 1 atom stereocenters. The minimum atomic E-state index is -0.213. The molecular formula is C17H20N4O3. The van der Waals surface area contributed by atoms with E-state index in [1.165, 1.54) is 18.7 Å². The van der Waals surface area contributed by atoms with Crippen molar-refractivity contribution < 1.29 is 14.0 Å². The molecule has 126 valence electrons. The average Bonchev–Trinajstić information content (AvgIpc) is 3.16. The maximum atomic E-state index is 12.3. The van der Waals surface area contributed by atoms with Crippen molar-refractivity contribution in [1.29, 1.82) is 0 Å². The fourth-order valence-corrected chi connectivity index (χ4v) is 2.76. The second kappa shape index (κ2) is 7.25. The normalized spacial score (nSPS) is 17.5. The summed E-state index contributed by atoms with van der Waals surface area (Å²) < 4.78 is 5.16. The highest BCUT2D eigenvalue weighted by Crippen LogP contribution is 2.14. The summed E-state index contributed by atoms with van der Waals surface area (Å²) in [6.45, 7) is 3.10. The van der Waals surface area contributed by atoms with Crippen LogP contribution >= 0.6 is 0 Å². The van der Waals surface area contributed by atoms with Gasteiger partial charge in [-0.15, -0.1) is 0 Å². The SMILES string of the molecule is CCc1ncc(C(=O)NC2CCCN(C(=O)c3ccco3)C2)cn1. The third kappa shape index (κ3) is 3.61. The lowest BCUT2D eigenvalue weighted by atomic mass is 10.0. The van der Waals surface area contributed by atoms with Gasteiger partial charge in [0.1, 0.15) is 5.82 Å². The van der Waals surface area contributed by atoms with Gasteiger partial charge in [0, 0.05) is 37.9 Å². The molecule has 0 radical (unpaired) electrons. The molecule has 2 aromatic heterocycles. The quantitative estimate of drug-likeness (QED) is 0.922. The molecule has 3 heterocycles. The molecule has 1 N–H and O–H groups in total. The van der Waals surface area contributed by atoms with Gasteiger partial charge in [0.25, 0.3) is 11.8 Å². The first-order valence-corrected chi connectivity index (χ1v) is 8.12. The Bertz CT molecular complexity index is 697. The highest BCUT2D eigenvalue weighted by Gasteiger charge is 2.27. The van der Waals surface area contributed by atoms with Crippen LogP contribution in [0.5, 0.6) is 0 Å². The Morgan fingerprint density at radius 1 is 1.38 bits per heavy atom. The number of likely N-dealkylation sites (tertiary alicyclic amines) is 1. The fraction of sp³-hybridized carbons (Fsp3) is 0.412. The van der Waals surface area contributed by atoms with Crippen LogP contribution in [0.2, 0.25) is 0 Å². The molecule has 0 spiro atoms. The number of aryl methyl sites for hydroxylation is 1. The number of carbonyl (C=O) groups excluding carboxylic acids is 2. The van der Waals surface area contributed by atoms with Crippen molar-refractivity contribution in [2.75, 3.05) is 13.1 Å². The molecule has 24 heavy (non-hydrogen) atoms. The third-order valence-electron chi connectivity index (χ3n) is 4.06. The molecule has 0 aromatic carbocycles. The monoisotopic (exact) mass is 328 g/mol. The molecule has 1 unspecified atom stereocenters. The summed E-state index contributed by atoms with van der Waals surface area (Å²) >= 11 is 0. The van der Waals surface area contributed by atoms with Crippen molar-refractivity contribution in [2.45, 2.75) is 32.2 Å². The maximum absolute atomic E-state index is 12.3. The van der Waals surface area contributed by atoms with Gasteiger partial charge in [-0.25, -0.2) is 9.97 Å². The van der Waals surface area contributed by atoms with E-state index in [-0.39, 0.29) is 17.9 Å². The molecule has 1 aliphatic heterocycles. The van der Waals surface area contributed by atoms with Crippen molar-refractivity contribution in [2.24, 2.45) is 0 Å². The molecule has 2 aromatic rings. The van der Waals surface area contributed by atoms with Crippen molar-refractivity contribution in [3.63, 3.8) is 0 Å². The van der Waals surface area contributed by atoms with Crippen LogP contribution in [-0.2, 0) is 6.42 Å². The van der Waals surface area contributed by atoms with Gasteiger partial charge < -0.3 is 14.6 Å². The maximum Gasteiger partial charge on any atom is 0.289 e. The van der Waals surface area contributed by atoms with E-state index in [4.69, 9.17) is 4.42 Å². The van der Waals surface area contributed by atoms with Crippen molar-refractivity contribution in [3.8, 4) is 0 Å². The highest BCUT2D eigenvalue weighted by molar-refractivity contribution is 5.94. The van der Waals surface area contributed by atoms with E-state index in [0.717, 1.165) is 19.3 Å². The van der Waals surface area contributed by atoms with Gasteiger partial charge in [-0.05, 0) is 25.0 Å². The second-order valence-corrected chi connectivity index (χ2v) is 5.78. The molecule has 7 nitrogen and oxygen atoms in total. The number of amides is 2. The van der Waals surface area contributed by atoms with E-state index in [1.807, 2.05) is 6.92 Å². The number of nitrogens with zero attached hydrogens (tertiary/aromatic N) is 3. The first-order valence-electron chi connectivity index (χ1n) is 8.12. The van der Waals surface area contributed by atoms with E-state index in [1.54, 1.807) is 17.0 Å². The first kappa shape index (κ1) is 16.2. The molecule has 7 heteroatoms. The zero-order chi connectivity index (χ0) is 16.9. The average molecular weight is 328 g/mol. The zero-order valence-electron chi connectivity index (χ0n) is 13.6.